The summed E-state index contributed by atoms with van der Waals surface area (Å²) in [5, 5.41) is 6.39. The molecule has 1 unspecified atom stereocenters. The maximum atomic E-state index is 11.9. The maximum absolute atomic E-state index is 11.9. The van der Waals surface area contributed by atoms with E-state index in [9.17, 15) is 4.79 Å². The first-order valence-electron chi connectivity index (χ1n) is 6.39. The van der Waals surface area contributed by atoms with Gasteiger partial charge in [0, 0.05) is 17.7 Å². The molecule has 0 bridgehead atoms. The Morgan fingerprint density at radius 1 is 1.38 bits per heavy atom. The predicted octanol–water partition coefficient (Wildman–Crippen LogP) is 1.73. The van der Waals surface area contributed by atoms with Gasteiger partial charge in [0.05, 0.1) is 6.04 Å². The zero-order valence-corrected chi connectivity index (χ0v) is 10.8. The van der Waals surface area contributed by atoms with Gasteiger partial charge in [-0.05, 0) is 25.7 Å². The Morgan fingerprint density at radius 3 is 2.75 bits per heavy atom. The summed E-state index contributed by atoms with van der Waals surface area (Å²) in [6.45, 7) is 2.16. The fourth-order valence-corrected chi connectivity index (χ4v) is 3.58. The van der Waals surface area contributed by atoms with Crippen LogP contribution in [0.4, 0.5) is 0 Å². The zero-order valence-electron chi connectivity index (χ0n) is 10.00. The van der Waals surface area contributed by atoms with E-state index >= 15 is 0 Å². The number of thioether (sulfide) groups is 1. The first-order valence-corrected chi connectivity index (χ1v) is 7.54. The molecular formula is C12H22N2OS. The van der Waals surface area contributed by atoms with Crippen molar-refractivity contribution in [2.75, 3.05) is 11.6 Å². The van der Waals surface area contributed by atoms with Crippen LogP contribution < -0.4 is 10.6 Å². The van der Waals surface area contributed by atoms with Crippen molar-refractivity contribution in [1.82, 2.24) is 10.6 Å². The molecule has 1 aliphatic carbocycles. The van der Waals surface area contributed by atoms with Crippen LogP contribution in [-0.2, 0) is 4.79 Å². The molecule has 0 aromatic heterocycles. The van der Waals surface area contributed by atoms with E-state index in [1.807, 2.05) is 0 Å². The van der Waals surface area contributed by atoms with Gasteiger partial charge in [-0.25, -0.2) is 0 Å². The molecule has 3 nitrogen and oxygen atoms in total. The van der Waals surface area contributed by atoms with Crippen LogP contribution in [0.3, 0.4) is 0 Å². The smallest absolute Gasteiger partial charge is 0.238 e. The van der Waals surface area contributed by atoms with Crippen LogP contribution in [-0.4, -0.2) is 29.6 Å². The van der Waals surface area contributed by atoms with Crippen molar-refractivity contribution in [3.8, 4) is 0 Å². The van der Waals surface area contributed by atoms with Gasteiger partial charge in [-0.2, -0.15) is 0 Å². The molecule has 2 rings (SSSR count). The monoisotopic (exact) mass is 242 g/mol. The summed E-state index contributed by atoms with van der Waals surface area (Å²) in [5.41, 5.74) is 0. The number of hydrogen-bond donors (Lipinski definition) is 2. The van der Waals surface area contributed by atoms with Crippen LogP contribution in [0.15, 0.2) is 0 Å². The number of carbonyl (C=O) groups is 1. The SMILES string of the molecule is C[C@H](NC(=O)C1CSCN1)C1CCCCC1. The van der Waals surface area contributed by atoms with Crippen molar-refractivity contribution in [2.24, 2.45) is 5.92 Å². The molecule has 1 saturated heterocycles. The van der Waals surface area contributed by atoms with E-state index in [1.54, 1.807) is 11.8 Å². The number of amides is 1. The Morgan fingerprint density at radius 2 is 2.12 bits per heavy atom. The van der Waals surface area contributed by atoms with Gasteiger partial charge in [0.1, 0.15) is 0 Å². The van der Waals surface area contributed by atoms with Crippen molar-refractivity contribution >= 4 is 17.7 Å². The molecule has 2 N–H and O–H groups in total. The van der Waals surface area contributed by atoms with Crippen molar-refractivity contribution < 1.29 is 4.79 Å². The number of hydrogen-bond acceptors (Lipinski definition) is 3. The number of rotatable bonds is 3. The van der Waals surface area contributed by atoms with Crippen LogP contribution in [0.2, 0.25) is 0 Å². The highest BCUT2D eigenvalue weighted by Crippen LogP contribution is 2.26. The van der Waals surface area contributed by atoms with Gasteiger partial charge in [0.15, 0.2) is 0 Å². The number of carbonyl (C=O) groups excluding carboxylic acids is 1. The quantitative estimate of drug-likeness (QED) is 0.792. The van der Waals surface area contributed by atoms with E-state index in [-0.39, 0.29) is 11.9 Å². The summed E-state index contributed by atoms with van der Waals surface area (Å²) in [6, 6.07) is 0.385. The topological polar surface area (TPSA) is 41.1 Å². The Bertz CT molecular complexity index is 235. The van der Waals surface area contributed by atoms with Gasteiger partial charge in [-0.3, -0.25) is 10.1 Å². The molecule has 2 aliphatic rings. The fraction of sp³-hybridized carbons (Fsp3) is 0.917. The van der Waals surface area contributed by atoms with E-state index in [1.165, 1.54) is 32.1 Å². The summed E-state index contributed by atoms with van der Waals surface area (Å²) < 4.78 is 0. The Labute approximate surface area is 102 Å². The lowest BCUT2D eigenvalue weighted by atomic mass is 9.84. The molecule has 0 radical (unpaired) electrons. The molecule has 1 heterocycles. The van der Waals surface area contributed by atoms with Gasteiger partial charge in [-0.15, -0.1) is 11.8 Å². The molecule has 2 atom stereocenters. The minimum absolute atomic E-state index is 0.0380. The first-order chi connectivity index (χ1) is 7.77. The van der Waals surface area contributed by atoms with Crippen molar-refractivity contribution in [3.63, 3.8) is 0 Å². The van der Waals surface area contributed by atoms with E-state index in [4.69, 9.17) is 0 Å². The Hall–Kier alpha value is -0.220. The second-order valence-electron chi connectivity index (χ2n) is 4.97. The van der Waals surface area contributed by atoms with E-state index in [0.29, 0.717) is 12.0 Å². The van der Waals surface area contributed by atoms with Crippen LogP contribution >= 0.6 is 11.8 Å². The number of nitrogens with one attached hydrogen (secondary N) is 2. The largest absolute Gasteiger partial charge is 0.352 e. The average molecular weight is 242 g/mol. The summed E-state index contributed by atoms with van der Waals surface area (Å²) in [4.78, 5) is 11.9. The molecule has 0 aromatic carbocycles. The van der Waals surface area contributed by atoms with Crippen molar-refractivity contribution in [2.45, 2.75) is 51.1 Å². The van der Waals surface area contributed by atoms with Crippen molar-refractivity contribution in [3.05, 3.63) is 0 Å². The van der Waals surface area contributed by atoms with E-state index < -0.39 is 0 Å². The third-order valence-corrected chi connectivity index (χ3v) is 4.70. The third-order valence-electron chi connectivity index (χ3n) is 3.76. The molecule has 1 amide bonds. The molecule has 16 heavy (non-hydrogen) atoms. The second-order valence-corrected chi connectivity index (χ2v) is 6.00. The molecule has 2 fully saturated rings. The van der Waals surface area contributed by atoms with Crippen LogP contribution in [0.1, 0.15) is 39.0 Å². The summed E-state index contributed by atoms with van der Waals surface area (Å²) in [5.74, 6) is 2.73. The standard InChI is InChI=1S/C12H22N2OS/c1-9(10-5-3-2-4-6-10)14-12(15)11-7-16-8-13-11/h9-11,13H,2-8H2,1H3,(H,14,15)/t9-,11?/m0/s1. The molecule has 0 aromatic rings. The molecule has 0 spiro atoms. The maximum Gasteiger partial charge on any atom is 0.238 e. The van der Waals surface area contributed by atoms with Gasteiger partial charge in [0.25, 0.3) is 0 Å². The normalized spacial score (nSPS) is 28.9. The van der Waals surface area contributed by atoms with Gasteiger partial charge in [0.2, 0.25) is 5.91 Å². The van der Waals surface area contributed by atoms with Gasteiger partial charge < -0.3 is 5.32 Å². The molecule has 1 saturated carbocycles. The van der Waals surface area contributed by atoms with E-state index in [0.717, 1.165) is 11.6 Å². The van der Waals surface area contributed by atoms with Crippen LogP contribution in [0.5, 0.6) is 0 Å². The zero-order chi connectivity index (χ0) is 11.4. The second kappa shape index (κ2) is 5.92. The lowest BCUT2D eigenvalue weighted by Crippen LogP contribution is -2.47. The third kappa shape index (κ3) is 3.14. The average Bonchev–Trinajstić information content (AvgIpc) is 2.83. The molecule has 4 heteroatoms. The minimum Gasteiger partial charge on any atom is -0.352 e. The van der Waals surface area contributed by atoms with Gasteiger partial charge >= 0.3 is 0 Å². The minimum atomic E-state index is 0.0380. The summed E-state index contributed by atoms with van der Waals surface area (Å²) >= 11 is 1.80. The van der Waals surface area contributed by atoms with Crippen LogP contribution in [0.25, 0.3) is 0 Å². The Kier molecular flexibility index (Phi) is 4.53. The predicted molar refractivity (Wildman–Crippen MR) is 68.4 cm³/mol. The fourth-order valence-electron chi connectivity index (χ4n) is 2.64. The van der Waals surface area contributed by atoms with E-state index in [2.05, 4.69) is 17.6 Å². The highest BCUT2D eigenvalue weighted by molar-refractivity contribution is 7.99. The molecule has 92 valence electrons. The highest BCUT2D eigenvalue weighted by Gasteiger charge is 2.26. The van der Waals surface area contributed by atoms with Gasteiger partial charge in [-0.1, -0.05) is 19.3 Å². The Balaban J connectivity index is 1.76. The lowest BCUT2D eigenvalue weighted by Gasteiger charge is -2.29. The highest BCUT2D eigenvalue weighted by atomic mass is 32.2. The van der Waals surface area contributed by atoms with Crippen LogP contribution in [0, 0.1) is 5.92 Å². The van der Waals surface area contributed by atoms with Crippen molar-refractivity contribution in [1.29, 1.82) is 0 Å². The summed E-state index contributed by atoms with van der Waals surface area (Å²) in [6.07, 6.45) is 6.62. The molecular weight excluding hydrogens is 220 g/mol. The first kappa shape index (κ1) is 12.2. The summed E-state index contributed by atoms with van der Waals surface area (Å²) in [7, 11) is 0. The lowest BCUT2D eigenvalue weighted by molar-refractivity contribution is -0.123. The molecule has 1 aliphatic heterocycles.